The summed E-state index contributed by atoms with van der Waals surface area (Å²) in [7, 11) is 1.65. The van der Waals surface area contributed by atoms with Crippen molar-refractivity contribution in [2.75, 3.05) is 33.5 Å². The Bertz CT molecular complexity index is 292. The lowest BCUT2D eigenvalue weighted by Gasteiger charge is -2.05. The first-order chi connectivity index (χ1) is 8.38. The zero-order chi connectivity index (χ0) is 12.3. The Balaban J connectivity index is 2.20. The number of aryl methyl sites for hydroxylation is 1. The number of unbranched alkanes of at least 4 members (excludes halogenated alkanes) is 1. The maximum atomic E-state index is 5.44. The second-order valence-electron chi connectivity index (χ2n) is 3.67. The summed E-state index contributed by atoms with van der Waals surface area (Å²) >= 11 is 0. The van der Waals surface area contributed by atoms with E-state index in [2.05, 4.69) is 15.5 Å². The molecule has 0 saturated heterocycles. The van der Waals surface area contributed by atoms with Crippen LogP contribution in [0.4, 0.5) is 0 Å². The lowest BCUT2D eigenvalue weighted by atomic mass is 10.3. The van der Waals surface area contributed by atoms with E-state index in [1.807, 2.05) is 4.68 Å². The van der Waals surface area contributed by atoms with Crippen LogP contribution < -0.4 is 5.73 Å². The number of tetrazole rings is 1. The zero-order valence-electron chi connectivity index (χ0n) is 10.3. The van der Waals surface area contributed by atoms with Gasteiger partial charge in [-0.05, 0) is 29.8 Å². The Morgan fingerprint density at radius 2 is 2.12 bits per heavy atom. The molecule has 0 saturated carbocycles. The first-order valence-electron chi connectivity index (χ1n) is 5.90. The summed E-state index contributed by atoms with van der Waals surface area (Å²) < 4.78 is 12.1. The fourth-order valence-electron chi connectivity index (χ4n) is 1.39. The Morgan fingerprint density at radius 1 is 1.24 bits per heavy atom. The summed E-state index contributed by atoms with van der Waals surface area (Å²) in [5, 5.41) is 11.6. The summed E-state index contributed by atoms with van der Waals surface area (Å²) in [4.78, 5) is 0. The molecule has 0 aliphatic rings. The number of rotatable bonds is 10. The van der Waals surface area contributed by atoms with Crippen LogP contribution in [-0.4, -0.2) is 53.7 Å². The molecule has 0 aliphatic carbocycles. The summed E-state index contributed by atoms with van der Waals surface area (Å²) in [6.45, 7) is 3.35. The molecule has 17 heavy (non-hydrogen) atoms. The van der Waals surface area contributed by atoms with Crippen LogP contribution in [0.1, 0.15) is 18.7 Å². The molecular formula is C10H21N5O2. The summed E-state index contributed by atoms with van der Waals surface area (Å²) in [6, 6.07) is 0. The molecular weight excluding hydrogens is 222 g/mol. The minimum absolute atomic E-state index is 0.602. The normalized spacial score (nSPS) is 10.9. The van der Waals surface area contributed by atoms with Gasteiger partial charge >= 0.3 is 0 Å². The monoisotopic (exact) mass is 243 g/mol. The van der Waals surface area contributed by atoms with Gasteiger partial charge in [0.15, 0.2) is 5.82 Å². The molecule has 7 heteroatoms. The molecule has 0 amide bonds. The van der Waals surface area contributed by atoms with E-state index in [1.54, 1.807) is 7.11 Å². The number of methoxy groups -OCH3 is 1. The van der Waals surface area contributed by atoms with Crippen LogP contribution in [-0.2, 0) is 22.4 Å². The maximum absolute atomic E-state index is 5.44. The third-order valence-electron chi connectivity index (χ3n) is 2.33. The van der Waals surface area contributed by atoms with Gasteiger partial charge in [-0.15, -0.1) is 5.10 Å². The Labute approximate surface area is 101 Å². The highest BCUT2D eigenvalue weighted by molar-refractivity contribution is 4.80. The number of hydrogen-bond acceptors (Lipinski definition) is 6. The molecule has 0 spiro atoms. The van der Waals surface area contributed by atoms with Gasteiger partial charge in [0.2, 0.25) is 0 Å². The highest BCUT2D eigenvalue weighted by Gasteiger charge is 2.05. The molecule has 98 valence electrons. The number of nitrogens with zero attached hydrogens (tertiary/aromatic N) is 4. The minimum Gasteiger partial charge on any atom is -0.382 e. The molecule has 1 heterocycles. The largest absolute Gasteiger partial charge is 0.382 e. The van der Waals surface area contributed by atoms with E-state index < -0.39 is 0 Å². The van der Waals surface area contributed by atoms with Crippen LogP contribution >= 0.6 is 0 Å². The van der Waals surface area contributed by atoms with Crippen molar-refractivity contribution in [1.82, 2.24) is 20.2 Å². The predicted octanol–water partition coefficient (Wildman–Crippen LogP) is -0.382. The van der Waals surface area contributed by atoms with Crippen LogP contribution in [0.3, 0.4) is 0 Å². The average Bonchev–Trinajstić information content (AvgIpc) is 2.77. The highest BCUT2D eigenvalue weighted by atomic mass is 16.5. The summed E-state index contributed by atoms with van der Waals surface area (Å²) in [5.74, 6) is 0.861. The van der Waals surface area contributed by atoms with Crippen molar-refractivity contribution in [3.05, 3.63) is 5.82 Å². The van der Waals surface area contributed by atoms with Crippen LogP contribution in [0.25, 0.3) is 0 Å². The van der Waals surface area contributed by atoms with Crippen LogP contribution in [0.5, 0.6) is 0 Å². The van der Waals surface area contributed by atoms with Crippen molar-refractivity contribution in [3.63, 3.8) is 0 Å². The molecule has 0 aromatic carbocycles. The van der Waals surface area contributed by atoms with Gasteiger partial charge in [0.25, 0.3) is 0 Å². The van der Waals surface area contributed by atoms with Gasteiger partial charge in [0.1, 0.15) is 0 Å². The van der Waals surface area contributed by atoms with Gasteiger partial charge < -0.3 is 15.2 Å². The van der Waals surface area contributed by atoms with Crippen molar-refractivity contribution in [1.29, 1.82) is 0 Å². The molecule has 0 radical (unpaired) electrons. The molecule has 0 aliphatic heterocycles. The SMILES string of the molecule is COCCOCCc1nnnn1CCCCN. The zero-order valence-corrected chi connectivity index (χ0v) is 10.3. The molecule has 1 aromatic heterocycles. The van der Waals surface area contributed by atoms with Gasteiger partial charge in [0.05, 0.1) is 19.8 Å². The average molecular weight is 243 g/mol. The molecule has 0 bridgehead atoms. The fourth-order valence-corrected chi connectivity index (χ4v) is 1.39. The quantitative estimate of drug-likeness (QED) is 0.563. The Morgan fingerprint density at radius 3 is 2.88 bits per heavy atom. The maximum Gasteiger partial charge on any atom is 0.153 e. The molecule has 0 unspecified atom stereocenters. The number of aromatic nitrogens is 4. The van der Waals surface area contributed by atoms with E-state index in [9.17, 15) is 0 Å². The Kier molecular flexibility index (Phi) is 7.44. The second-order valence-corrected chi connectivity index (χ2v) is 3.67. The fraction of sp³-hybridized carbons (Fsp3) is 0.900. The predicted molar refractivity (Wildman–Crippen MR) is 62.5 cm³/mol. The number of ether oxygens (including phenoxy) is 2. The third kappa shape index (κ3) is 5.71. The topological polar surface area (TPSA) is 88.1 Å². The van der Waals surface area contributed by atoms with E-state index in [0.717, 1.165) is 31.6 Å². The van der Waals surface area contributed by atoms with Crippen molar-refractivity contribution in [3.8, 4) is 0 Å². The van der Waals surface area contributed by atoms with E-state index in [-0.39, 0.29) is 0 Å². The number of hydrogen-bond donors (Lipinski definition) is 1. The molecule has 7 nitrogen and oxygen atoms in total. The van der Waals surface area contributed by atoms with Crippen molar-refractivity contribution in [2.45, 2.75) is 25.8 Å². The van der Waals surface area contributed by atoms with Crippen molar-refractivity contribution >= 4 is 0 Å². The van der Waals surface area contributed by atoms with Crippen LogP contribution in [0.15, 0.2) is 0 Å². The van der Waals surface area contributed by atoms with Gasteiger partial charge in [-0.25, -0.2) is 4.68 Å². The molecule has 0 atom stereocenters. The summed E-state index contributed by atoms with van der Waals surface area (Å²) in [6.07, 6.45) is 2.71. The van der Waals surface area contributed by atoms with Gasteiger partial charge in [-0.3, -0.25) is 0 Å². The number of nitrogens with two attached hydrogens (primary N) is 1. The molecule has 2 N–H and O–H groups in total. The third-order valence-corrected chi connectivity index (χ3v) is 2.33. The first kappa shape index (κ1) is 14.0. The highest BCUT2D eigenvalue weighted by Crippen LogP contribution is 1.98. The Hall–Kier alpha value is -1.05. The van der Waals surface area contributed by atoms with E-state index in [1.165, 1.54) is 0 Å². The molecule has 1 rings (SSSR count). The summed E-state index contributed by atoms with van der Waals surface area (Å²) in [5.41, 5.74) is 5.44. The van der Waals surface area contributed by atoms with Gasteiger partial charge in [0, 0.05) is 20.1 Å². The minimum atomic E-state index is 0.602. The van der Waals surface area contributed by atoms with E-state index in [4.69, 9.17) is 15.2 Å². The van der Waals surface area contributed by atoms with Gasteiger partial charge in [-0.2, -0.15) is 0 Å². The lowest BCUT2D eigenvalue weighted by molar-refractivity contribution is 0.0712. The molecule has 0 fully saturated rings. The second kappa shape index (κ2) is 9.03. The van der Waals surface area contributed by atoms with Crippen molar-refractivity contribution < 1.29 is 9.47 Å². The first-order valence-corrected chi connectivity index (χ1v) is 5.90. The van der Waals surface area contributed by atoms with Crippen LogP contribution in [0.2, 0.25) is 0 Å². The van der Waals surface area contributed by atoms with E-state index in [0.29, 0.717) is 26.4 Å². The lowest BCUT2D eigenvalue weighted by Crippen LogP contribution is -2.11. The smallest absolute Gasteiger partial charge is 0.153 e. The van der Waals surface area contributed by atoms with Crippen LogP contribution in [0, 0.1) is 0 Å². The van der Waals surface area contributed by atoms with Gasteiger partial charge in [-0.1, -0.05) is 0 Å². The van der Waals surface area contributed by atoms with E-state index >= 15 is 0 Å². The van der Waals surface area contributed by atoms with Crippen molar-refractivity contribution in [2.24, 2.45) is 5.73 Å². The molecule has 1 aromatic rings. The standard InChI is InChI=1S/C10H21N5O2/c1-16-8-9-17-7-4-10-12-13-14-15(10)6-3-2-5-11/h2-9,11H2,1H3.